The van der Waals surface area contributed by atoms with Crippen LogP contribution in [0.1, 0.15) is 5.56 Å². The molecule has 0 aliphatic rings. The van der Waals surface area contributed by atoms with E-state index in [9.17, 15) is 8.78 Å². The first kappa shape index (κ1) is 11.9. The highest BCUT2D eigenvalue weighted by atomic mass is 32.2. The van der Waals surface area contributed by atoms with Crippen LogP contribution >= 0.6 is 11.8 Å². The van der Waals surface area contributed by atoms with Crippen molar-refractivity contribution in [1.82, 2.24) is 0 Å². The molecule has 0 saturated carbocycles. The molecule has 0 amide bonds. The minimum Gasteiger partial charge on any atom is -0.399 e. The van der Waals surface area contributed by atoms with E-state index in [2.05, 4.69) is 0 Å². The summed E-state index contributed by atoms with van der Waals surface area (Å²) < 4.78 is 25.7. The lowest BCUT2D eigenvalue weighted by molar-refractivity contribution is 0.506. The van der Waals surface area contributed by atoms with Gasteiger partial charge in [0.2, 0.25) is 0 Å². The van der Waals surface area contributed by atoms with Gasteiger partial charge in [0.1, 0.15) is 0 Å². The minimum absolute atomic E-state index is 0.677. The maximum absolute atomic E-state index is 13.0. The second-order valence-corrected chi connectivity index (χ2v) is 4.66. The third-order valence-corrected chi connectivity index (χ3v) is 3.31. The normalized spacial score (nSPS) is 10.5. The van der Waals surface area contributed by atoms with Gasteiger partial charge in [-0.25, -0.2) is 8.78 Å². The van der Waals surface area contributed by atoms with Crippen LogP contribution in [-0.2, 0) is 5.75 Å². The fraction of sp³-hybridized carbons (Fsp3) is 0.0769. The van der Waals surface area contributed by atoms with Crippen LogP contribution in [-0.4, -0.2) is 0 Å². The van der Waals surface area contributed by atoms with E-state index in [1.807, 2.05) is 24.3 Å². The molecule has 0 aliphatic carbocycles. The van der Waals surface area contributed by atoms with E-state index in [0.717, 1.165) is 11.6 Å². The first-order valence-electron chi connectivity index (χ1n) is 5.07. The van der Waals surface area contributed by atoms with Crippen molar-refractivity contribution in [3.05, 3.63) is 59.7 Å². The molecule has 0 radical (unpaired) electrons. The minimum atomic E-state index is -0.821. The Labute approximate surface area is 103 Å². The number of nitrogen functional groups attached to an aromatic ring is 1. The van der Waals surface area contributed by atoms with Crippen LogP contribution < -0.4 is 5.73 Å². The lowest BCUT2D eigenvalue weighted by Crippen LogP contribution is -1.88. The van der Waals surface area contributed by atoms with E-state index < -0.39 is 11.6 Å². The maximum atomic E-state index is 13.0. The van der Waals surface area contributed by atoms with Crippen LogP contribution in [0.2, 0.25) is 0 Å². The number of nitrogens with two attached hydrogens (primary N) is 1. The van der Waals surface area contributed by atoms with Crippen LogP contribution in [0, 0.1) is 11.6 Å². The molecule has 2 N–H and O–H groups in total. The highest BCUT2D eigenvalue weighted by Crippen LogP contribution is 2.24. The lowest BCUT2D eigenvalue weighted by atomic mass is 10.2. The van der Waals surface area contributed by atoms with Crippen molar-refractivity contribution in [3.8, 4) is 0 Å². The van der Waals surface area contributed by atoms with Gasteiger partial charge in [0, 0.05) is 16.3 Å². The summed E-state index contributed by atoms with van der Waals surface area (Å²) >= 11 is 1.44. The van der Waals surface area contributed by atoms with Gasteiger partial charge in [-0.3, -0.25) is 0 Å². The summed E-state index contributed by atoms with van der Waals surface area (Å²) in [5.74, 6) is -0.961. The number of rotatable bonds is 3. The molecule has 88 valence electrons. The Morgan fingerprint density at radius 3 is 2.53 bits per heavy atom. The van der Waals surface area contributed by atoms with Gasteiger partial charge in [0.05, 0.1) is 0 Å². The van der Waals surface area contributed by atoms with Crippen molar-refractivity contribution >= 4 is 17.4 Å². The number of anilines is 1. The fourth-order valence-corrected chi connectivity index (χ4v) is 2.28. The largest absolute Gasteiger partial charge is 0.399 e. The molecule has 0 saturated heterocycles. The van der Waals surface area contributed by atoms with Crippen molar-refractivity contribution < 1.29 is 8.78 Å². The first-order chi connectivity index (χ1) is 8.15. The smallest absolute Gasteiger partial charge is 0.159 e. The number of hydrogen-bond donors (Lipinski definition) is 1. The summed E-state index contributed by atoms with van der Waals surface area (Å²) in [7, 11) is 0. The van der Waals surface area contributed by atoms with E-state index >= 15 is 0 Å². The van der Waals surface area contributed by atoms with E-state index in [-0.39, 0.29) is 0 Å². The summed E-state index contributed by atoms with van der Waals surface area (Å²) in [6.45, 7) is 0. The molecule has 4 heteroatoms. The Morgan fingerprint density at radius 1 is 1.00 bits per heavy atom. The molecule has 0 heterocycles. The van der Waals surface area contributed by atoms with Crippen molar-refractivity contribution in [1.29, 1.82) is 0 Å². The van der Waals surface area contributed by atoms with Crippen molar-refractivity contribution in [3.63, 3.8) is 0 Å². The van der Waals surface area contributed by atoms with Gasteiger partial charge in [-0.05, 0) is 35.9 Å². The molecule has 1 nitrogen and oxygen atoms in total. The van der Waals surface area contributed by atoms with Crippen molar-refractivity contribution in [2.75, 3.05) is 5.73 Å². The van der Waals surface area contributed by atoms with Gasteiger partial charge < -0.3 is 5.73 Å². The third kappa shape index (κ3) is 3.20. The molecule has 17 heavy (non-hydrogen) atoms. The zero-order valence-electron chi connectivity index (χ0n) is 8.99. The predicted molar refractivity (Wildman–Crippen MR) is 66.8 cm³/mol. The summed E-state index contributed by atoms with van der Waals surface area (Å²) in [5.41, 5.74) is 7.41. The number of hydrogen-bond acceptors (Lipinski definition) is 2. The zero-order valence-corrected chi connectivity index (χ0v) is 9.81. The summed E-state index contributed by atoms with van der Waals surface area (Å²) in [5, 5.41) is 0. The lowest BCUT2D eigenvalue weighted by Gasteiger charge is -2.03. The third-order valence-electron chi connectivity index (χ3n) is 2.25. The Morgan fingerprint density at radius 2 is 1.82 bits per heavy atom. The monoisotopic (exact) mass is 251 g/mol. The van der Waals surface area contributed by atoms with E-state index in [0.29, 0.717) is 16.3 Å². The Bertz CT molecular complexity index is 529. The van der Waals surface area contributed by atoms with E-state index in [1.54, 1.807) is 6.07 Å². The van der Waals surface area contributed by atoms with Gasteiger partial charge >= 0.3 is 0 Å². The zero-order chi connectivity index (χ0) is 12.3. The Balaban J connectivity index is 2.05. The molecule has 0 spiro atoms. The molecule has 2 aromatic rings. The second-order valence-electron chi connectivity index (χ2n) is 3.61. The summed E-state index contributed by atoms with van der Waals surface area (Å²) in [6, 6.07) is 11.4. The molecular formula is C13H11F2NS. The number of halogens is 2. The van der Waals surface area contributed by atoms with Crippen LogP contribution in [0.15, 0.2) is 47.4 Å². The average molecular weight is 251 g/mol. The molecule has 2 rings (SSSR count). The van der Waals surface area contributed by atoms with E-state index in [1.165, 1.54) is 17.8 Å². The van der Waals surface area contributed by atoms with E-state index in [4.69, 9.17) is 5.73 Å². The molecule has 2 aromatic carbocycles. The van der Waals surface area contributed by atoms with Crippen LogP contribution in [0.4, 0.5) is 14.5 Å². The van der Waals surface area contributed by atoms with Gasteiger partial charge in [-0.2, -0.15) is 0 Å². The van der Waals surface area contributed by atoms with Crippen LogP contribution in [0.5, 0.6) is 0 Å². The first-order valence-corrected chi connectivity index (χ1v) is 6.06. The fourth-order valence-electron chi connectivity index (χ4n) is 1.42. The van der Waals surface area contributed by atoms with Gasteiger partial charge in [0.15, 0.2) is 11.6 Å². The highest BCUT2D eigenvalue weighted by Gasteiger charge is 2.03. The molecular weight excluding hydrogens is 240 g/mol. The van der Waals surface area contributed by atoms with Gasteiger partial charge in [-0.1, -0.05) is 12.1 Å². The van der Waals surface area contributed by atoms with Gasteiger partial charge in [-0.15, -0.1) is 11.8 Å². The van der Waals surface area contributed by atoms with Crippen LogP contribution in [0.25, 0.3) is 0 Å². The number of benzene rings is 2. The standard InChI is InChI=1S/C13H11F2NS/c14-12-5-4-11(7-13(12)15)17-8-9-2-1-3-10(16)6-9/h1-7H,8,16H2. The quantitative estimate of drug-likeness (QED) is 0.662. The second kappa shape index (κ2) is 5.19. The molecule has 0 fully saturated rings. The highest BCUT2D eigenvalue weighted by molar-refractivity contribution is 7.98. The Hall–Kier alpha value is -1.55. The predicted octanol–water partition coefficient (Wildman–Crippen LogP) is 3.84. The van der Waals surface area contributed by atoms with Gasteiger partial charge in [0.25, 0.3) is 0 Å². The summed E-state index contributed by atoms with van der Waals surface area (Å²) in [6.07, 6.45) is 0. The van der Waals surface area contributed by atoms with Crippen molar-refractivity contribution in [2.24, 2.45) is 0 Å². The Kier molecular flexibility index (Phi) is 3.64. The molecule has 0 aliphatic heterocycles. The maximum Gasteiger partial charge on any atom is 0.159 e. The SMILES string of the molecule is Nc1cccc(CSc2ccc(F)c(F)c2)c1. The molecule has 0 unspecified atom stereocenters. The summed E-state index contributed by atoms with van der Waals surface area (Å²) in [4.78, 5) is 0.700. The molecule has 0 aromatic heterocycles. The van der Waals surface area contributed by atoms with Crippen molar-refractivity contribution in [2.45, 2.75) is 10.6 Å². The van der Waals surface area contributed by atoms with Crippen LogP contribution in [0.3, 0.4) is 0 Å². The topological polar surface area (TPSA) is 26.0 Å². The molecule has 0 atom stereocenters. The molecule has 0 bridgehead atoms. The average Bonchev–Trinajstić information content (AvgIpc) is 2.31. The number of thioether (sulfide) groups is 1.